The first-order chi connectivity index (χ1) is 13.6. The lowest BCUT2D eigenvalue weighted by Crippen LogP contribution is -2.33. The van der Waals surface area contributed by atoms with Gasteiger partial charge in [0.15, 0.2) is 5.82 Å². The Morgan fingerprint density at radius 1 is 1.24 bits per heavy atom. The van der Waals surface area contributed by atoms with E-state index in [0.717, 1.165) is 11.6 Å². The SMILES string of the molecule is Cc1ccc(F)c([C@@H](C)[C@H](NS(=O)(=O)c2ccc(Cl)cc2O)c2nn[nH]n2)c1C. The largest absolute Gasteiger partial charge is 0.506 e. The van der Waals surface area contributed by atoms with Gasteiger partial charge in [0.25, 0.3) is 0 Å². The number of H-pyrrole nitrogens is 1. The second-order valence-corrected chi connectivity index (χ2v) is 8.79. The van der Waals surface area contributed by atoms with Crippen molar-refractivity contribution in [3.8, 4) is 5.75 Å². The second kappa shape index (κ2) is 8.05. The minimum absolute atomic E-state index is 0.0369. The molecule has 3 aromatic rings. The number of benzene rings is 2. The summed E-state index contributed by atoms with van der Waals surface area (Å²) in [6, 6.07) is 5.57. The number of aromatic nitrogens is 4. The van der Waals surface area contributed by atoms with Crippen molar-refractivity contribution in [3.63, 3.8) is 0 Å². The van der Waals surface area contributed by atoms with Crippen LogP contribution < -0.4 is 4.72 Å². The number of rotatable bonds is 6. The first-order valence-corrected chi connectivity index (χ1v) is 10.5. The van der Waals surface area contributed by atoms with E-state index in [1.54, 1.807) is 19.9 Å². The molecule has 3 rings (SSSR count). The Morgan fingerprint density at radius 2 is 1.97 bits per heavy atom. The highest BCUT2D eigenvalue weighted by atomic mass is 35.5. The van der Waals surface area contributed by atoms with Crippen LogP contribution in [0.25, 0.3) is 0 Å². The molecule has 0 radical (unpaired) electrons. The zero-order valence-corrected chi connectivity index (χ0v) is 17.4. The summed E-state index contributed by atoms with van der Waals surface area (Å²) < 4.78 is 43.0. The summed E-state index contributed by atoms with van der Waals surface area (Å²) in [5.74, 6) is -1.63. The van der Waals surface area contributed by atoms with Gasteiger partial charge in [-0.3, -0.25) is 0 Å². The fraction of sp³-hybridized carbons (Fsp3) is 0.278. The van der Waals surface area contributed by atoms with Crippen LogP contribution in [0, 0.1) is 19.7 Å². The van der Waals surface area contributed by atoms with Crippen molar-refractivity contribution >= 4 is 21.6 Å². The van der Waals surface area contributed by atoms with E-state index in [4.69, 9.17) is 11.6 Å². The standard InChI is InChI=1S/C18H19ClFN5O3S/c1-9-4-6-13(20)16(10(9)2)11(3)17(18-21-24-25-22-18)23-29(27,28)15-7-5-12(19)8-14(15)26/h4-8,11,17,23,26H,1-3H3,(H,21,22,24,25)/t11-,17+/m1/s1. The van der Waals surface area contributed by atoms with E-state index in [9.17, 15) is 17.9 Å². The molecule has 2 aromatic carbocycles. The molecule has 1 heterocycles. The highest BCUT2D eigenvalue weighted by molar-refractivity contribution is 7.89. The lowest BCUT2D eigenvalue weighted by molar-refractivity contribution is 0.451. The van der Waals surface area contributed by atoms with Crippen molar-refractivity contribution in [2.75, 3.05) is 0 Å². The van der Waals surface area contributed by atoms with Gasteiger partial charge in [-0.05, 0) is 54.8 Å². The summed E-state index contributed by atoms with van der Waals surface area (Å²) in [5.41, 5.74) is 1.89. The molecular weight excluding hydrogens is 421 g/mol. The molecular formula is C18H19ClFN5O3S. The highest BCUT2D eigenvalue weighted by Crippen LogP contribution is 2.35. The van der Waals surface area contributed by atoms with Crippen LogP contribution in [-0.2, 0) is 10.0 Å². The molecule has 0 unspecified atom stereocenters. The van der Waals surface area contributed by atoms with E-state index in [2.05, 4.69) is 25.3 Å². The lowest BCUT2D eigenvalue weighted by Gasteiger charge is -2.25. The average molecular weight is 440 g/mol. The molecule has 0 aliphatic carbocycles. The molecule has 0 saturated carbocycles. The van der Waals surface area contributed by atoms with Gasteiger partial charge >= 0.3 is 0 Å². The molecule has 154 valence electrons. The van der Waals surface area contributed by atoms with Gasteiger partial charge in [0.05, 0.1) is 6.04 Å². The summed E-state index contributed by atoms with van der Waals surface area (Å²) in [5, 5.41) is 23.7. The second-order valence-electron chi connectivity index (χ2n) is 6.67. The first-order valence-electron chi connectivity index (χ1n) is 8.61. The van der Waals surface area contributed by atoms with Gasteiger partial charge in [0.2, 0.25) is 10.0 Å². The molecule has 0 bridgehead atoms. The summed E-state index contributed by atoms with van der Waals surface area (Å²) in [6.45, 7) is 5.26. The van der Waals surface area contributed by atoms with Gasteiger partial charge in [0, 0.05) is 10.9 Å². The van der Waals surface area contributed by atoms with Crippen LogP contribution in [0.3, 0.4) is 0 Å². The zero-order valence-electron chi connectivity index (χ0n) is 15.8. The van der Waals surface area contributed by atoms with E-state index in [1.807, 2.05) is 6.92 Å². The molecule has 29 heavy (non-hydrogen) atoms. The number of aryl methyl sites for hydroxylation is 1. The Morgan fingerprint density at radius 3 is 2.59 bits per heavy atom. The van der Waals surface area contributed by atoms with E-state index < -0.39 is 33.5 Å². The molecule has 0 spiro atoms. The first kappa shape index (κ1) is 21.2. The Kier molecular flexibility index (Phi) is 5.87. The number of aromatic hydroxyl groups is 1. The molecule has 2 atom stereocenters. The Labute approximate surface area is 172 Å². The number of tetrazole rings is 1. The van der Waals surface area contributed by atoms with Crippen molar-refractivity contribution in [2.45, 2.75) is 37.6 Å². The predicted molar refractivity (Wildman–Crippen MR) is 105 cm³/mol. The molecule has 1 aromatic heterocycles. The number of hydrogen-bond donors (Lipinski definition) is 3. The van der Waals surface area contributed by atoms with Gasteiger partial charge in [-0.25, -0.2) is 12.8 Å². The monoisotopic (exact) mass is 439 g/mol. The fourth-order valence-corrected chi connectivity index (χ4v) is 4.68. The topological polar surface area (TPSA) is 121 Å². The third-order valence-electron chi connectivity index (χ3n) is 4.82. The number of nitrogens with one attached hydrogen (secondary N) is 2. The minimum atomic E-state index is -4.22. The summed E-state index contributed by atoms with van der Waals surface area (Å²) >= 11 is 5.78. The van der Waals surface area contributed by atoms with Crippen molar-refractivity contribution in [1.29, 1.82) is 0 Å². The Bertz CT molecular complexity index is 1140. The Balaban J connectivity index is 2.07. The van der Waals surface area contributed by atoms with E-state index in [1.165, 1.54) is 18.2 Å². The van der Waals surface area contributed by atoms with E-state index in [0.29, 0.717) is 11.1 Å². The molecule has 0 aliphatic heterocycles. The average Bonchev–Trinajstić information content (AvgIpc) is 3.17. The van der Waals surface area contributed by atoms with E-state index >= 15 is 0 Å². The maximum atomic E-state index is 14.7. The fourth-order valence-electron chi connectivity index (χ4n) is 3.16. The number of nitrogens with zero attached hydrogens (tertiary/aromatic N) is 3. The molecule has 0 amide bonds. The number of aromatic amines is 1. The van der Waals surface area contributed by atoms with Crippen molar-refractivity contribution < 1.29 is 17.9 Å². The molecule has 8 nitrogen and oxygen atoms in total. The summed E-state index contributed by atoms with van der Waals surface area (Å²) in [7, 11) is -4.22. The summed E-state index contributed by atoms with van der Waals surface area (Å²) in [6.07, 6.45) is 0. The maximum Gasteiger partial charge on any atom is 0.244 e. The van der Waals surface area contributed by atoms with Gasteiger partial charge in [-0.1, -0.05) is 29.8 Å². The van der Waals surface area contributed by atoms with Crippen molar-refractivity contribution in [2.24, 2.45) is 0 Å². The zero-order chi connectivity index (χ0) is 21.3. The highest BCUT2D eigenvalue weighted by Gasteiger charge is 2.33. The van der Waals surface area contributed by atoms with Gasteiger partial charge in [-0.15, -0.1) is 10.2 Å². The van der Waals surface area contributed by atoms with Gasteiger partial charge in [-0.2, -0.15) is 9.94 Å². The third kappa shape index (κ3) is 4.24. The summed E-state index contributed by atoms with van der Waals surface area (Å²) in [4.78, 5) is -0.371. The molecule has 11 heteroatoms. The van der Waals surface area contributed by atoms with Crippen LogP contribution in [-0.4, -0.2) is 34.1 Å². The third-order valence-corrected chi connectivity index (χ3v) is 6.54. The number of sulfonamides is 1. The van der Waals surface area contributed by atoms with Crippen LogP contribution in [0.5, 0.6) is 5.75 Å². The van der Waals surface area contributed by atoms with Crippen molar-refractivity contribution in [1.82, 2.24) is 25.3 Å². The smallest absolute Gasteiger partial charge is 0.244 e. The van der Waals surface area contributed by atoms with Gasteiger partial charge in [0.1, 0.15) is 16.5 Å². The van der Waals surface area contributed by atoms with Crippen molar-refractivity contribution in [3.05, 3.63) is 63.7 Å². The van der Waals surface area contributed by atoms with Crippen LogP contribution in [0.1, 0.15) is 41.4 Å². The predicted octanol–water partition coefficient (Wildman–Crippen LogP) is 3.14. The molecule has 0 saturated heterocycles. The molecule has 3 N–H and O–H groups in total. The van der Waals surface area contributed by atoms with E-state index in [-0.39, 0.29) is 15.7 Å². The van der Waals surface area contributed by atoms with Crippen LogP contribution in [0.2, 0.25) is 5.02 Å². The normalized spacial score (nSPS) is 14.0. The lowest BCUT2D eigenvalue weighted by atomic mass is 9.88. The maximum absolute atomic E-state index is 14.7. The number of hydrogen-bond acceptors (Lipinski definition) is 6. The molecule has 0 aliphatic rings. The van der Waals surface area contributed by atoms with Crippen LogP contribution in [0.15, 0.2) is 35.2 Å². The quantitative estimate of drug-likeness (QED) is 0.542. The minimum Gasteiger partial charge on any atom is -0.506 e. The number of phenolic OH excluding ortho intramolecular Hbond substituents is 1. The van der Waals surface area contributed by atoms with Crippen LogP contribution in [0.4, 0.5) is 4.39 Å². The number of phenols is 1. The van der Waals surface area contributed by atoms with Crippen LogP contribution >= 0.6 is 11.6 Å². The molecule has 0 fully saturated rings. The number of halogens is 2. The van der Waals surface area contributed by atoms with Gasteiger partial charge < -0.3 is 5.11 Å². The Hall–Kier alpha value is -2.56.